The van der Waals surface area contributed by atoms with Crippen molar-refractivity contribution in [3.8, 4) is 0 Å². The summed E-state index contributed by atoms with van der Waals surface area (Å²) in [6.45, 7) is 8.08. The van der Waals surface area contributed by atoms with E-state index in [1.54, 1.807) is 0 Å². The van der Waals surface area contributed by atoms with Crippen LogP contribution in [0.5, 0.6) is 0 Å². The molecule has 1 heterocycles. The molecule has 0 aromatic rings. The van der Waals surface area contributed by atoms with Crippen LogP contribution in [-0.4, -0.2) is 37.7 Å². The van der Waals surface area contributed by atoms with Crippen LogP contribution in [0.25, 0.3) is 0 Å². The van der Waals surface area contributed by atoms with Crippen LogP contribution in [0.15, 0.2) is 0 Å². The summed E-state index contributed by atoms with van der Waals surface area (Å²) >= 11 is 0. The summed E-state index contributed by atoms with van der Waals surface area (Å²) in [5, 5.41) is 0. The van der Waals surface area contributed by atoms with Gasteiger partial charge in [-0.1, -0.05) is 39.0 Å². The fourth-order valence-electron chi connectivity index (χ4n) is 2.48. The van der Waals surface area contributed by atoms with Crippen LogP contribution in [0, 0.1) is 0 Å². The Bertz CT molecular complexity index is 155. The second kappa shape index (κ2) is 11.0. The van der Waals surface area contributed by atoms with Crippen molar-refractivity contribution in [1.82, 2.24) is 4.90 Å². The second-order valence-corrected chi connectivity index (χ2v) is 5.28. The van der Waals surface area contributed by atoms with E-state index in [0.29, 0.717) is 0 Å². The van der Waals surface area contributed by atoms with Crippen LogP contribution in [-0.2, 0) is 4.74 Å². The smallest absolute Gasteiger partial charge is 0.0478 e. The number of piperidine rings is 1. The molecule has 1 saturated heterocycles. The fourth-order valence-corrected chi connectivity index (χ4v) is 2.48. The predicted molar refractivity (Wildman–Crippen MR) is 74.5 cm³/mol. The molecule has 2 nitrogen and oxygen atoms in total. The number of nitrogens with zero attached hydrogens (tertiary/aromatic N) is 1. The van der Waals surface area contributed by atoms with Crippen LogP contribution in [0.3, 0.4) is 0 Å². The minimum absolute atomic E-state index is 0.963. The Morgan fingerprint density at radius 2 is 1.53 bits per heavy atom. The normalized spacial score (nSPS) is 17.5. The van der Waals surface area contributed by atoms with Gasteiger partial charge in [-0.3, -0.25) is 0 Å². The van der Waals surface area contributed by atoms with Crippen molar-refractivity contribution in [3.63, 3.8) is 0 Å². The van der Waals surface area contributed by atoms with E-state index in [9.17, 15) is 0 Å². The van der Waals surface area contributed by atoms with Crippen molar-refractivity contribution < 1.29 is 4.74 Å². The van der Waals surface area contributed by atoms with Crippen LogP contribution in [0.4, 0.5) is 0 Å². The maximum Gasteiger partial charge on any atom is 0.0478 e. The van der Waals surface area contributed by atoms with E-state index in [4.69, 9.17) is 4.74 Å². The molecule has 1 rings (SSSR count). The number of rotatable bonds is 10. The zero-order chi connectivity index (χ0) is 12.2. The zero-order valence-electron chi connectivity index (χ0n) is 11.8. The summed E-state index contributed by atoms with van der Waals surface area (Å²) < 4.78 is 5.68. The highest BCUT2D eigenvalue weighted by molar-refractivity contribution is 4.63. The Morgan fingerprint density at radius 3 is 2.29 bits per heavy atom. The van der Waals surface area contributed by atoms with Crippen molar-refractivity contribution >= 4 is 0 Å². The molecule has 0 radical (unpaired) electrons. The van der Waals surface area contributed by atoms with Crippen molar-refractivity contribution in [2.75, 3.05) is 32.8 Å². The molecule has 1 aliphatic heterocycles. The molecule has 0 spiro atoms. The van der Waals surface area contributed by atoms with Crippen molar-refractivity contribution in [2.24, 2.45) is 0 Å². The highest BCUT2D eigenvalue weighted by Gasteiger charge is 2.08. The number of hydrogen-bond donors (Lipinski definition) is 0. The molecule has 0 N–H and O–H groups in total. The van der Waals surface area contributed by atoms with Crippen molar-refractivity contribution in [1.29, 1.82) is 0 Å². The molecular formula is C15H31NO. The maximum absolute atomic E-state index is 5.68. The first-order valence-corrected chi connectivity index (χ1v) is 7.73. The highest BCUT2D eigenvalue weighted by atomic mass is 16.5. The van der Waals surface area contributed by atoms with Gasteiger partial charge in [-0.2, -0.15) is 0 Å². The highest BCUT2D eigenvalue weighted by Crippen LogP contribution is 2.08. The van der Waals surface area contributed by atoms with Crippen molar-refractivity contribution in [3.05, 3.63) is 0 Å². The Morgan fingerprint density at radius 1 is 0.824 bits per heavy atom. The molecule has 0 aromatic heterocycles. The van der Waals surface area contributed by atoms with E-state index >= 15 is 0 Å². The van der Waals surface area contributed by atoms with Crippen molar-refractivity contribution in [2.45, 2.75) is 64.7 Å². The molecule has 0 aliphatic carbocycles. The number of unbranched alkanes of at least 4 members (excludes halogenated alkanes) is 4. The monoisotopic (exact) mass is 241 g/mol. The quantitative estimate of drug-likeness (QED) is 0.539. The SMILES string of the molecule is CCCCCCCOCCCN1CCCCC1. The van der Waals surface area contributed by atoms with Crippen LogP contribution in [0.1, 0.15) is 64.7 Å². The van der Waals surface area contributed by atoms with E-state index in [0.717, 1.165) is 13.2 Å². The lowest BCUT2D eigenvalue weighted by molar-refractivity contribution is 0.113. The van der Waals surface area contributed by atoms with Gasteiger partial charge < -0.3 is 9.64 Å². The first-order chi connectivity index (χ1) is 8.43. The molecule has 2 heteroatoms. The van der Waals surface area contributed by atoms with Gasteiger partial charge in [0.1, 0.15) is 0 Å². The topological polar surface area (TPSA) is 12.5 Å². The van der Waals surface area contributed by atoms with E-state index in [2.05, 4.69) is 11.8 Å². The summed E-state index contributed by atoms with van der Waals surface area (Å²) in [5.41, 5.74) is 0. The van der Waals surface area contributed by atoms with E-state index < -0.39 is 0 Å². The van der Waals surface area contributed by atoms with Crippen LogP contribution < -0.4 is 0 Å². The van der Waals surface area contributed by atoms with E-state index in [1.165, 1.54) is 77.4 Å². The third-order valence-electron chi connectivity index (χ3n) is 3.60. The lowest BCUT2D eigenvalue weighted by Crippen LogP contribution is -2.31. The molecule has 0 bridgehead atoms. The third kappa shape index (κ3) is 8.62. The summed E-state index contributed by atoms with van der Waals surface area (Å²) in [7, 11) is 0. The minimum Gasteiger partial charge on any atom is -0.381 e. The van der Waals surface area contributed by atoms with Gasteiger partial charge >= 0.3 is 0 Å². The number of likely N-dealkylation sites (tertiary alicyclic amines) is 1. The molecule has 0 saturated carbocycles. The molecule has 1 fully saturated rings. The molecule has 0 aromatic carbocycles. The molecule has 102 valence electrons. The van der Waals surface area contributed by atoms with Gasteiger partial charge in [-0.05, 0) is 38.8 Å². The van der Waals surface area contributed by atoms with Gasteiger partial charge in [0.15, 0.2) is 0 Å². The van der Waals surface area contributed by atoms with Crippen LogP contribution >= 0.6 is 0 Å². The molecule has 0 unspecified atom stereocenters. The fraction of sp³-hybridized carbons (Fsp3) is 1.00. The van der Waals surface area contributed by atoms with E-state index in [1.807, 2.05) is 0 Å². The zero-order valence-corrected chi connectivity index (χ0v) is 11.8. The molecule has 0 amide bonds. The van der Waals surface area contributed by atoms with Gasteiger partial charge in [0.2, 0.25) is 0 Å². The standard InChI is InChI=1S/C15H31NO/c1-2-3-4-5-9-14-17-15-10-13-16-11-7-6-8-12-16/h2-15H2,1H3. The summed E-state index contributed by atoms with van der Waals surface area (Å²) in [6, 6.07) is 0. The first kappa shape index (κ1) is 15.0. The van der Waals surface area contributed by atoms with Gasteiger partial charge in [-0.25, -0.2) is 0 Å². The Kier molecular flexibility index (Phi) is 9.72. The lowest BCUT2D eigenvalue weighted by atomic mass is 10.1. The molecular weight excluding hydrogens is 210 g/mol. The Hall–Kier alpha value is -0.0800. The van der Waals surface area contributed by atoms with E-state index in [-0.39, 0.29) is 0 Å². The van der Waals surface area contributed by atoms with Gasteiger partial charge in [0.05, 0.1) is 0 Å². The molecule has 17 heavy (non-hydrogen) atoms. The van der Waals surface area contributed by atoms with Crippen LogP contribution in [0.2, 0.25) is 0 Å². The number of hydrogen-bond acceptors (Lipinski definition) is 2. The molecule has 0 atom stereocenters. The average Bonchev–Trinajstić information content (AvgIpc) is 2.38. The maximum atomic E-state index is 5.68. The summed E-state index contributed by atoms with van der Waals surface area (Å²) in [6.07, 6.45) is 12.2. The summed E-state index contributed by atoms with van der Waals surface area (Å²) in [5.74, 6) is 0. The largest absolute Gasteiger partial charge is 0.381 e. The third-order valence-corrected chi connectivity index (χ3v) is 3.60. The first-order valence-electron chi connectivity index (χ1n) is 7.73. The predicted octanol–water partition coefficient (Wildman–Crippen LogP) is 3.85. The molecule has 1 aliphatic rings. The lowest BCUT2D eigenvalue weighted by Gasteiger charge is -2.26. The second-order valence-electron chi connectivity index (χ2n) is 5.28. The Balaban J connectivity index is 1.75. The van der Waals surface area contributed by atoms with Gasteiger partial charge in [-0.15, -0.1) is 0 Å². The summed E-state index contributed by atoms with van der Waals surface area (Å²) in [4.78, 5) is 2.59. The average molecular weight is 241 g/mol. The minimum atomic E-state index is 0.963. The van der Waals surface area contributed by atoms with Gasteiger partial charge in [0, 0.05) is 19.8 Å². The van der Waals surface area contributed by atoms with Gasteiger partial charge in [0.25, 0.3) is 0 Å². The Labute approximate surface area is 108 Å². The number of ether oxygens (including phenoxy) is 1.